The van der Waals surface area contributed by atoms with Crippen LogP contribution < -0.4 is 5.43 Å². The number of likely N-dealkylation sites (tertiary alicyclic amines) is 1. The van der Waals surface area contributed by atoms with Crippen molar-refractivity contribution in [1.29, 1.82) is 0 Å². The van der Waals surface area contributed by atoms with Gasteiger partial charge in [0.25, 0.3) is 0 Å². The van der Waals surface area contributed by atoms with Crippen LogP contribution in [0.4, 0.5) is 0 Å². The first-order valence-electron chi connectivity index (χ1n) is 9.88. The minimum absolute atomic E-state index is 0.0645. The van der Waals surface area contributed by atoms with Gasteiger partial charge in [-0.05, 0) is 12.0 Å². The molecule has 1 aliphatic rings. The molecule has 1 amide bonds. The molecular weight excluding hydrogens is 310 g/mol. The highest BCUT2D eigenvalue weighted by Crippen LogP contribution is 2.12. The van der Waals surface area contributed by atoms with E-state index in [-0.39, 0.29) is 5.91 Å². The Morgan fingerprint density at radius 2 is 1.72 bits per heavy atom. The van der Waals surface area contributed by atoms with Crippen LogP contribution in [-0.4, -0.2) is 29.6 Å². The number of carbonyl (C=O) groups is 1. The van der Waals surface area contributed by atoms with Gasteiger partial charge in [0, 0.05) is 44.6 Å². The lowest BCUT2D eigenvalue weighted by Gasteiger charge is -2.27. The summed E-state index contributed by atoms with van der Waals surface area (Å²) < 4.78 is 0. The molecule has 1 N–H and O–H groups in total. The Morgan fingerprint density at radius 3 is 2.44 bits per heavy atom. The van der Waals surface area contributed by atoms with Crippen LogP contribution in [-0.2, 0) is 11.3 Å². The Labute approximate surface area is 152 Å². The molecule has 0 atom stereocenters. The van der Waals surface area contributed by atoms with Crippen molar-refractivity contribution >= 4 is 11.6 Å². The summed E-state index contributed by atoms with van der Waals surface area (Å²) in [6.07, 6.45) is 9.73. The number of hydrogen-bond donors (Lipinski definition) is 1. The third kappa shape index (κ3) is 8.30. The fraction of sp³-hybridized carbons (Fsp3) is 0.619. The van der Waals surface area contributed by atoms with E-state index in [4.69, 9.17) is 0 Å². The minimum Gasteiger partial charge on any atom is -0.298 e. The topological polar surface area (TPSA) is 44.7 Å². The van der Waals surface area contributed by atoms with Gasteiger partial charge >= 0.3 is 0 Å². The van der Waals surface area contributed by atoms with E-state index >= 15 is 0 Å². The number of benzene rings is 1. The summed E-state index contributed by atoms with van der Waals surface area (Å²) in [6, 6.07) is 10.6. The summed E-state index contributed by atoms with van der Waals surface area (Å²) in [5, 5.41) is 4.34. The maximum Gasteiger partial charge on any atom is 0.240 e. The number of carbonyl (C=O) groups excluding carboxylic acids is 1. The molecule has 0 radical (unpaired) electrons. The highest BCUT2D eigenvalue weighted by molar-refractivity contribution is 5.87. The molecule has 1 saturated heterocycles. The van der Waals surface area contributed by atoms with Gasteiger partial charge in [-0.1, -0.05) is 69.4 Å². The van der Waals surface area contributed by atoms with Gasteiger partial charge in [-0.25, -0.2) is 5.43 Å². The van der Waals surface area contributed by atoms with Gasteiger partial charge in [-0.2, -0.15) is 5.10 Å². The first-order chi connectivity index (χ1) is 12.3. The zero-order valence-corrected chi connectivity index (χ0v) is 15.7. The molecule has 4 heteroatoms. The zero-order chi connectivity index (χ0) is 17.7. The van der Waals surface area contributed by atoms with E-state index in [9.17, 15) is 4.79 Å². The SMILES string of the molecule is CCCCCCCCC(=O)NN=C1CCN(Cc2ccccc2)CC1. The van der Waals surface area contributed by atoms with Crippen molar-refractivity contribution in [3.63, 3.8) is 0 Å². The second kappa shape index (κ2) is 11.8. The van der Waals surface area contributed by atoms with Crippen molar-refractivity contribution in [2.24, 2.45) is 5.10 Å². The van der Waals surface area contributed by atoms with Crippen molar-refractivity contribution < 1.29 is 4.79 Å². The van der Waals surface area contributed by atoms with E-state index in [0.717, 1.165) is 51.0 Å². The average molecular weight is 344 g/mol. The molecule has 2 rings (SSSR count). The lowest BCUT2D eigenvalue weighted by atomic mass is 10.1. The highest BCUT2D eigenvalue weighted by Gasteiger charge is 2.15. The monoisotopic (exact) mass is 343 g/mol. The van der Waals surface area contributed by atoms with E-state index < -0.39 is 0 Å². The van der Waals surface area contributed by atoms with Crippen LogP contribution >= 0.6 is 0 Å². The van der Waals surface area contributed by atoms with Crippen LogP contribution in [0.25, 0.3) is 0 Å². The van der Waals surface area contributed by atoms with Gasteiger partial charge in [-0.3, -0.25) is 9.69 Å². The number of nitrogens with zero attached hydrogens (tertiary/aromatic N) is 2. The zero-order valence-electron chi connectivity index (χ0n) is 15.7. The number of amides is 1. The third-order valence-corrected chi connectivity index (χ3v) is 4.78. The van der Waals surface area contributed by atoms with Crippen molar-refractivity contribution in [3.05, 3.63) is 35.9 Å². The van der Waals surface area contributed by atoms with Crippen LogP contribution in [0.3, 0.4) is 0 Å². The molecule has 0 aromatic heterocycles. The average Bonchev–Trinajstić information content (AvgIpc) is 2.65. The van der Waals surface area contributed by atoms with Gasteiger partial charge < -0.3 is 0 Å². The standard InChI is InChI=1S/C21H33N3O/c1-2-3-4-5-6-10-13-21(25)23-22-20-14-16-24(17-15-20)18-19-11-8-7-9-12-19/h7-9,11-12H,2-6,10,13-18H2,1H3,(H,23,25). The Hall–Kier alpha value is -1.68. The van der Waals surface area contributed by atoms with E-state index in [1.165, 1.54) is 31.2 Å². The maximum atomic E-state index is 11.9. The lowest BCUT2D eigenvalue weighted by Crippen LogP contribution is -2.34. The molecular formula is C21H33N3O. The summed E-state index contributed by atoms with van der Waals surface area (Å²) in [4.78, 5) is 14.3. The van der Waals surface area contributed by atoms with Crippen LogP contribution in [0, 0.1) is 0 Å². The second-order valence-corrected chi connectivity index (χ2v) is 6.99. The molecule has 4 nitrogen and oxygen atoms in total. The van der Waals surface area contributed by atoms with Gasteiger partial charge in [0.05, 0.1) is 0 Å². The predicted molar refractivity (Wildman–Crippen MR) is 105 cm³/mol. The van der Waals surface area contributed by atoms with Crippen molar-refractivity contribution in [1.82, 2.24) is 10.3 Å². The Morgan fingerprint density at radius 1 is 1.04 bits per heavy atom. The van der Waals surface area contributed by atoms with E-state index in [1.54, 1.807) is 0 Å². The van der Waals surface area contributed by atoms with Crippen molar-refractivity contribution in [2.75, 3.05) is 13.1 Å². The summed E-state index contributed by atoms with van der Waals surface area (Å²) >= 11 is 0. The Bertz CT molecular complexity index is 517. The summed E-state index contributed by atoms with van der Waals surface area (Å²) in [5.41, 5.74) is 5.23. The third-order valence-electron chi connectivity index (χ3n) is 4.78. The van der Waals surface area contributed by atoms with Crippen LogP contribution in [0.15, 0.2) is 35.4 Å². The first kappa shape index (κ1) is 19.6. The number of nitrogens with one attached hydrogen (secondary N) is 1. The van der Waals surface area contributed by atoms with Crippen molar-refractivity contribution in [2.45, 2.75) is 71.3 Å². The molecule has 138 valence electrons. The van der Waals surface area contributed by atoms with Gasteiger partial charge in [0.1, 0.15) is 0 Å². The lowest BCUT2D eigenvalue weighted by molar-refractivity contribution is -0.121. The number of rotatable bonds is 10. The molecule has 25 heavy (non-hydrogen) atoms. The maximum absolute atomic E-state index is 11.9. The summed E-state index contributed by atoms with van der Waals surface area (Å²) in [7, 11) is 0. The highest BCUT2D eigenvalue weighted by atomic mass is 16.2. The molecule has 1 aliphatic heterocycles. The van der Waals surface area contributed by atoms with Crippen LogP contribution in [0.2, 0.25) is 0 Å². The van der Waals surface area contributed by atoms with Crippen LogP contribution in [0.1, 0.15) is 70.3 Å². The second-order valence-electron chi connectivity index (χ2n) is 6.99. The largest absolute Gasteiger partial charge is 0.298 e. The fourth-order valence-electron chi connectivity index (χ4n) is 3.19. The number of piperidine rings is 1. The van der Waals surface area contributed by atoms with E-state index in [2.05, 4.69) is 52.7 Å². The molecule has 0 unspecified atom stereocenters. The molecule has 1 aromatic rings. The molecule has 0 bridgehead atoms. The smallest absolute Gasteiger partial charge is 0.240 e. The molecule has 1 aromatic carbocycles. The Balaban J connectivity index is 1.58. The molecule has 0 aliphatic carbocycles. The van der Waals surface area contributed by atoms with E-state index in [0.29, 0.717) is 6.42 Å². The number of hydrazone groups is 1. The summed E-state index contributed by atoms with van der Waals surface area (Å²) in [6.45, 7) is 5.25. The quantitative estimate of drug-likeness (QED) is 0.502. The van der Waals surface area contributed by atoms with E-state index in [1.807, 2.05) is 0 Å². The number of unbranched alkanes of at least 4 members (excludes halogenated alkanes) is 5. The van der Waals surface area contributed by atoms with Crippen LogP contribution in [0.5, 0.6) is 0 Å². The molecule has 0 saturated carbocycles. The number of hydrogen-bond acceptors (Lipinski definition) is 3. The summed E-state index contributed by atoms with van der Waals surface area (Å²) in [5.74, 6) is 0.0645. The van der Waals surface area contributed by atoms with Crippen molar-refractivity contribution in [3.8, 4) is 0 Å². The predicted octanol–water partition coefficient (Wildman–Crippen LogP) is 4.51. The normalized spacial score (nSPS) is 15.2. The van der Waals surface area contributed by atoms with Gasteiger partial charge in [0.2, 0.25) is 5.91 Å². The molecule has 1 fully saturated rings. The van der Waals surface area contributed by atoms with Gasteiger partial charge in [-0.15, -0.1) is 0 Å². The fourth-order valence-corrected chi connectivity index (χ4v) is 3.19. The molecule has 0 spiro atoms. The minimum atomic E-state index is 0.0645. The van der Waals surface area contributed by atoms with Gasteiger partial charge in [0.15, 0.2) is 0 Å². The first-order valence-corrected chi connectivity index (χ1v) is 9.88. The molecule has 1 heterocycles. The Kier molecular flexibility index (Phi) is 9.27.